The second-order valence-electron chi connectivity index (χ2n) is 8.26. The maximum absolute atomic E-state index is 12.9. The van der Waals surface area contributed by atoms with Gasteiger partial charge < -0.3 is 15.1 Å². The molecule has 4 rings (SSSR count). The van der Waals surface area contributed by atoms with Gasteiger partial charge in [0.05, 0.1) is 10.6 Å². The zero-order valence-corrected chi connectivity index (χ0v) is 18.5. The first-order valence-corrected chi connectivity index (χ1v) is 11.2. The van der Waals surface area contributed by atoms with Crippen LogP contribution in [-0.4, -0.2) is 76.7 Å². The molecule has 0 radical (unpaired) electrons. The Morgan fingerprint density at radius 3 is 2.26 bits per heavy atom. The van der Waals surface area contributed by atoms with Crippen molar-refractivity contribution in [2.75, 3.05) is 32.7 Å². The molecule has 1 N–H and O–H groups in total. The Labute approximate surface area is 190 Å². The molecule has 5 amide bonds. The number of piperazine rings is 1. The first-order chi connectivity index (χ1) is 14.8. The van der Waals surface area contributed by atoms with Gasteiger partial charge in [-0.1, -0.05) is 42.5 Å². The summed E-state index contributed by atoms with van der Waals surface area (Å²) in [4.78, 5) is 55.0. The van der Waals surface area contributed by atoms with Crippen molar-refractivity contribution in [2.24, 2.45) is 0 Å². The van der Waals surface area contributed by atoms with E-state index in [2.05, 4.69) is 5.32 Å². The van der Waals surface area contributed by atoms with Crippen LogP contribution in [0.15, 0.2) is 18.2 Å². The lowest BCUT2D eigenvalue weighted by Gasteiger charge is -2.35. The van der Waals surface area contributed by atoms with Crippen LogP contribution in [0.5, 0.6) is 0 Å². The van der Waals surface area contributed by atoms with Crippen molar-refractivity contribution in [1.82, 2.24) is 20.0 Å². The molecule has 0 bridgehead atoms. The number of carbonyl (C=O) groups is 4. The van der Waals surface area contributed by atoms with E-state index in [1.54, 1.807) is 21.9 Å². The molecule has 1 saturated carbocycles. The number of hydrogen-bond acceptors (Lipinski definition) is 4. The maximum Gasteiger partial charge on any atom is 0.325 e. The number of benzene rings is 1. The van der Waals surface area contributed by atoms with Crippen LogP contribution < -0.4 is 5.32 Å². The monoisotopic (exact) mass is 466 g/mol. The summed E-state index contributed by atoms with van der Waals surface area (Å²) >= 11 is 12.0. The van der Waals surface area contributed by atoms with E-state index in [4.69, 9.17) is 23.2 Å². The molecular formula is C21H24Cl2N4O4. The van der Waals surface area contributed by atoms with E-state index in [1.165, 1.54) is 6.07 Å². The molecule has 2 aliphatic heterocycles. The third kappa shape index (κ3) is 4.23. The Bertz CT molecular complexity index is 924. The molecule has 1 aliphatic carbocycles. The largest absolute Gasteiger partial charge is 0.338 e. The molecule has 166 valence electrons. The molecule has 3 aliphatic rings. The lowest BCUT2D eigenvalue weighted by atomic mass is 9.82. The highest BCUT2D eigenvalue weighted by molar-refractivity contribution is 6.36. The second-order valence-corrected chi connectivity index (χ2v) is 9.11. The summed E-state index contributed by atoms with van der Waals surface area (Å²) < 4.78 is 0. The SMILES string of the molecule is O=C(CN1C(=O)NC2(CCCCC2)C1=O)N1CCN(C(=O)c2ccc(Cl)cc2Cl)CC1. The van der Waals surface area contributed by atoms with Crippen LogP contribution in [0.25, 0.3) is 0 Å². The van der Waals surface area contributed by atoms with Crippen molar-refractivity contribution in [3.63, 3.8) is 0 Å². The van der Waals surface area contributed by atoms with Crippen molar-refractivity contribution in [3.05, 3.63) is 33.8 Å². The standard InChI is InChI=1S/C21H24Cl2N4O4/c22-14-4-5-15(16(23)12-14)18(29)26-10-8-25(9-11-26)17(28)13-27-19(30)21(24-20(27)31)6-2-1-3-7-21/h4-5,12H,1-3,6-11,13H2,(H,24,31). The van der Waals surface area contributed by atoms with Crippen molar-refractivity contribution in [1.29, 1.82) is 0 Å². The summed E-state index contributed by atoms with van der Waals surface area (Å²) in [5, 5.41) is 3.55. The molecule has 31 heavy (non-hydrogen) atoms. The van der Waals surface area contributed by atoms with Gasteiger partial charge in [0, 0.05) is 31.2 Å². The summed E-state index contributed by atoms with van der Waals surface area (Å²) in [6.07, 6.45) is 4.07. The molecule has 10 heteroatoms. The topological polar surface area (TPSA) is 90.0 Å². The Hall–Kier alpha value is -2.32. The third-order valence-corrected chi connectivity index (χ3v) is 6.88. The van der Waals surface area contributed by atoms with Gasteiger partial charge in [0.1, 0.15) is 12.1 Å². The van der Waals surface area contributed by atoms with Gasteiger partial charge in [-0.2, -0.15) is 0 Å². The first kappa shape index (κ1) is 21.9. The molecule has 0 atom stereocenters. The van der Waals surface area contributed by atoms with Gasteiger partial charge in [0.2, 0.25) is 5.91 Å². The van der Waals surface area contributed by atoms with Gasteiger partial charge in [0.15, 0.2) is 0 Å². The lowest BCUT2D eigenvalue weighted by Crippen LogP contribution is -2.53. The number of nitrogens with zero attached hydrogens (tertiary/aromatic N) is 3. The molecule has 8 nitrogen and oxygen atoms in total. The summed E-state index contributed by atoms with van der Waals surface area (Å²) in [7, 11) is 0. The highest BCUT2D eigenvalue weighted by atomic mass is 35.5. The molecule has 1 aromatic rings. The molecule has 0 aromatic heterocycles. The fourth-order valence-electron chi connectivity index (χ4n) is 4.54. The first-order valence-electron chi connectivity index (χ1n) is 10.5. The van der Waals surface area contributed by atoms with Crippen molar-refractivity contribution in [3.8, 4) is 0 Å². The van der Waals surface area contributed by atoms with Crippen LogP contribution in [0.2, 0.25) is 10.0 Å². The summed E-state index contributed by atoms with van der Waals surface area (Å²) in [6, 6.07) is 4.22. The minimum atomic E-state index is -0.835. The molecule has 1 spiro atoms. The van der Waals surface area contributed by atoms with Gasteiger partial charge in [-0.05, 0) is 31.0 Å². The zero-order valence-electron chi connectivity index (χ0n) is 17.0. The molecule has 2 saturated heterocycles. The number of urea groups is 1. The fourth-order valence-corrected chi connectivity index (χ4v) is 5.03. The highest BCUT2D eigenvalue weighted by Gasteiger charge is 2.51. The minimum absolute atomic E-state index is 0.220. The average molecular weight is 467 g/mol. The third-order valence-electron chi connectivity index (χ3n) is 6.33. The molecular weight excluding hydrogens is 443 g/mol. The number of halogens is 2. The van der Waals surface area contributed by atoms with E-state index in [9.17, 15) is 19.2 Å². The summed E-state index contributed by atoms with van der Waals surface area (Å²) in [5.41, 5.74) is -0.471. The highest BCUT2D eigenvalue weighted by Crippen LogP contribution is 2.33. The van der Waals surface area contributed by atoms with E-state index in [0.29, 0.717) is 49.6 Å². The predicted molar refractivity (Wildman–Crippen MR) is 115 cm³/mol. The van der Waals surface area contributed by atoms with E-state index < -0.39 is 11.6 Å². The van der Waals surface area contributed by atoms with E-state index in [0.717, 1.165) is 24.2 Å². The van der Waals surface area contributed by atoms with Crippen LogP contribution in [0, 0.1) is 0 Å². The predicted octanol–water partition coefficient (Wildman–Crippen LogP) is 2.53. The summed E-state index contributed by atoms with van der Waals surface area (Å²) in [5.74, 6) is -0.813. The number of imide groups is 1. The maximum atomic E-state index is 12.9. The normalized spacial score (nSPS) is 20.9. The number of nitrogens with one attached hydrogen (secondary N) is 1. The molecule has 2 heterocycles. The van der Waals surface area contributed by atoms with Gasteiger partial charge in [-0.25, -0.2) is 4.79 Å². The minimum Gasteiger partial charge on any atom is -0.338 e. The Kier molecular flexibility index (Phi) is 6.12. The Morgan fingerprint density at radius 2 is 1.61 bits per heavy atom. The van der Waals surface area contributed by atoms with Crippen LogP contribution >= 0.6 is 23.2 Å². The fraction of sp³-hybridized carbons (Fsp3) is 0.524. The van der Waals surface area contributed by atoms with Crippen molar-refractivity contribution in [2.45, 2.75) is 37.6 Å². The van der Waals surface area contributed by atoms with E-state index >= 15 is 0 Å². The van der Waals surface area contributed by atoms with Crippen LogP contribution in [0.3, 0.4) is 0 Å². The zero-order chi connectivity index (χ0) is 22.2. The smallest absolute Gasteiger partial charge is 0.325 e. The number of rotatable bonds is 3. The van der Waals surface area contributed by atoms with Gasteiger partial charge >= 0.3 is 6.03 Å². The van der Waals surface area contributed by atoms with Crippen LogP contribution in [0.4, 0.5) is 4.79 Å². The van der Waals surface area contributed by atoms with Crippen LogP contribution in [-0.2, 0) is 9.59 Å². The average Bonchev–Trinajstić information content (AvgIpc) is 2.97. The number of amides is 5. The number of hydrogen-bond donors (Lipinski definition) is 1. The van der Waals surface area contributed by atoms with Crippen molar-refractivity contribution >= 4 is 47.0 Å². The Balaban J connectivity index is 1.34. The molecule has 0 unspecified atom stereocenters. The van der Waals surface area contributed by atoms with E-state index in [-0.39, 0.29) is 29.3 Å². The van der Waals surface area contributed by atoms with Crippen LogP contribution in [0.1, 0.15) is 42.5 Å². The van der Waals surface area contributed by atoms with Crippen molar-refractivity contribution < 1.29 is 19.2 Å². The number of carbonyl (C=O) groups excluding carboxylic acids is 4. The summed E-state index contributed by atoms with van der Waals surface area (Å²) in [6.45, 7) is 1.06. The quantitative estimate of drug-likeness (QED) is 0.692. The second kappa shape index (κ2) is 8.67. The van der Waals surface area contributed by atoms with Gasteiger partial charge in [0.25, 0.3) is 11.8 Å². The lowest BCUT2D eigenvalue weighted by molar-refractivity contribution is -0.140. The van der Waals surface area contributed by atoms with Gasteiger partial charge in [-0.15, -0.1) is 0 Å². The van der Waals surface area contributed by atoms with Gasteiger partial charge in [-0.3, -0.25) is 19.3 Å². The van der Waals surface area contributed by atoms with E-state index in [1.807, 2.05) is 0 Å². The molecule has 1 aromatic carbocycles. The molecule has 3 fully saturated rings. The Morgan fingerprint density at radius 1 is 0.968 bits per heavy atom.